The Bertz CT molecular complexity index is 1550. The number of aromatic amines is 1. The number of amides is 1. The summed E-state index contributed by atoms with van der Waals surface area (Å²) in [6, 6.07) is 2.31. The number of aliphatic hydroxyl groups excluding tert-OH is 1. The molecule has 1 aliphatic heterocycles. The number of nitrogen functional groups attached to an aromatic ring is 1. The van der Waals surface area contributed by atoms with Crippen LogP contribution in [0, 0.1) is 0 Å². The minimum Gasteiger partial charge on any atom is -0.383 e. The van der Waals surface area contributed by atoms with E-state index in [0.717, 1.165) is 18.9 Å². The second-order valence-electron chi connectivity index (χ2n) is 9.75. The molecule has 1 fully saturated rings. The SMILES string of the molecule is CC(=O)c1c(CC[C@H]2CC[C@@H](C)N2C(=O)c2nnc[nH]2)nc2c(-c3ccc([C@H](O)C(F)(F)F)nc3)cnn2c1N. The monoisotopic (exact) mass is 557 g/mol. The Hall–Kier alpha value is -4.40. The minimum atomic E-state index is -4.85. The van der Waals surface area contributed by atoms with Crippen LogP contribution in [0.1, 0.15) is 71.6 Å². The topological polar surface area (TPSA) is 168 Å². The first kappa shape index (κ1) is 27.2. The molecule has 1 saturated heterocycles. The lowest BCUT2D eigenvalue weighted by Crippen LogP contribution is -2.40. The molecule has 1 aliphatic rings. The number of hydrogen-bond acceptors (Lipinski definition) is 9. The Morgan fingerprint density at radius 2 is 2.02 bits per heavy atom. The Kier molecular flexibility index (Phi) is 6.99. The number of aliphatic hydroxyl groups is 1. The predicted octanol–water partition coefficient (Wildman–Crippen LogP) is 2.92. The third-order valence-corrected chi connectivity index (χ3v) is 7.15. The molecule has 4 aromatic heterocycles. The number of aryl methyl sites for hydroxylation is 1. The first-order valence-corrected chi connectivity index (χ1v) is 12.5. The predicted molar refractivity (Wildman–Crippen MR) is 135 cm³/mol. The lowest BCUT2D eigenvalue weighted by Gasteiger charge is -2.28. The fourth-order valence-electron chi connectivity index (χ4n) is 5.18. The van der Waals surface area contributed by atoms with Gasteiger partial charge in [-0.05, 0) is 45.6 Å². The largest absolute Gasteiger partial charge is 0.420 e. The van der Waals surface area contributed by atoms with Gasteiger partial charge in [0.2, 0.25) is 5.82 Å². The lowest BCUT2D eigenvalue weighted by molar-refractivity contribution is -0.207. The highest BCUT2D eigenvalue weighted by Crippen LogP contribution is 2.34. The number of likely N-dealkylation sites (tertiary alicyclic amines) is 1. The summed E-state index contributed by atoms with van der Waals surface area (Å²) in [5, 5.41) is 21.2. The van der Waals surface area contributed by atoms with Gasteiger partial charge in [-0.25, -0.2) is 4.98 Å². The summed E-state index contributed by atoms with van der Waals surface area (Å²) in [5.74, 6) is -0.337. The van der Waals surface area contributed by atoms with Crippen molar-refractivity contribution in [3.05, 3.63) is 53.6 Å². The Balaban J connectivity index is 1.46. The number of hydrogen-bond donors (Lipinski definition) is 3. The van der Waals surface area contributed by atoms with Crippen LogP contribution in [0.2, 0.25) is 0 Å². The molecular formula is C25H26F3N9O3. The van der Waals surface area contributed by atoms with Crippen molar-refractivity contribution in [2.45, 2.75) is 63.9 Å². The number of aromatic nitrogens is 7. The molecule has 5 rings (SSSR count). The van der Waals surface area contributed by atoms with Gasteiger partial charge in [0.1, 0.15) is 12.1 Å². The van der Waals surface area contributed by atoms with Crippen LogP contribution in [0.5, 0.6) is 0 Å². The number of nitrogens with one attached hydrogen (secondary N) is 1. The molecule has 210 valence electrons. The minimum absolute atomic E-state index is 0.0110. The number of nitrogens with two attached hydrogens (primary N) is 1. The van der Waals surface area contributed by atoms with Crippen LogP contribution in [0.15, 0.2) is 30.9 Å². The standard InChI is InChI=1S/C25H26F3N9O3/c1-12-3-5-15(36(12)24(40)22-31-11-32-35-22)6-8-17-19(13(2)38)21(29)37-23(34-17)16(10-33-37)14-4-7-18(30-9-14)20(39)25(26,27)28/h4,7,9-12,15,20,39H,3,5-6,8,29H2,1-2H3,(H,31,32,35)/t12-,15-,20+/m1/s1. The number of Topliss-reactive ketones (excluding diaryl/α,β-unsaturated/α-hetero) is 1. The van der Waals surface area contributed by atoms with Gasteiger partial charge in [0, 0.05) is 29.4 Å². The third-order valence-electron chi connectivity index (χ3n) is 7.15. The van der Waals surface area contributed by atoms with Gasteiger partial charge in [0.25, 0.3) is 5.91 Å². The molecule has 3 atom stereocenters. The average Bonchev–Trinajstić information content (AvgIpc) is 3.66. The van der Waals surface area contributed by atoms with Crippen LogP contribution >= 0.6 is 0 Å². The van der Waals surface area contributed by atoms with Gasteiger partial charge in [-0.15, -0.1) is 10.2 Å². The van der Waals surface area contributed by atoms with Gasteiger partial charge >= 0.3 is 6.18 Å². The lowest BCUT2D eigenvalue weighted by atomic mass is 10.0. The van der Waals surface area contributed by atoms with Crippen molar-refractivity contribution in [2.75, 3.05) is 5.73 Å². The first-order valence-electron chi connectivity index (χ1n) is 12.5. The molecule has 15 heteroatoms. The molecule has 5 heterocycles. The average molecular weight is 558 g/mol. The van der Waals surface area contributed by atoms with Crippen molar-refractivity contribution in [2.24, 2.45) is 0 Å². The molecule has 0 aliphatic carbocycles. The second kappa shape index (κ2) is 10.3. The van der Waals surface area contributed by atoms with Gasteiger partial charge in [0.05, 0.1) is 23.1 Å². The van der Waals surface area contributed by atoms with Gasteiger partial charge in [-0.1, -0.05) is 6.07 Å². The molecule has 0 bridgehead atoms. The number of nitrogens with zero attached hydrogens (tertiary/aromatic N) is 7. The highest BCUT2D eigenvalue weighted by molar-refractivity contribution is 6.00. The number of alkyl halides is 3. The highest BCUT2D eigenvalue weighted by atomic mass is 19.4. The summed E-state index contributed by atoms with van der Waals surface area (Å²) < 4.78 is 39.9. The van der Waals surface area contributed by atoms with Crippen molar-refractivity contribution < 1.29 is 27.9 Å². The van der Waals surface area contributed by atoms with E-state index in [0.29, 0.717) is 29.7 Å². The summed E-state index contributed by atoms with van der Waals surface area (Å²) in [4.78, 5) is 38.6. The van der Waals surface area contributed by atoms with Gasteiger partial charge < -0.3 is 20.7 Å². The van der Waals surface area contributed by atoms with Gasteiger partial charge in [-0.2, -0.15) is 22.8 Å². The van der Waals surface area contributed by atoms with E-state index >= 15 is 0 Å². The van der Waals surface area contributed by atoms with E-state index in [4.69, 9.17) is 10.7 Å². The van der Waals surface area contributed by atoms with E-state index in [1.165, 1.54) is 36.2 Å². The normalized spacial score (nSPS) is 18.4. The molecule has 0 aromatic carbocycles. The van der Waals surface area contributed by atoms with E-state index < -0.39 is 18.0 Å². The van der Waals surface area contributed by atoms with E-state index in [-0.39, 0.29) is 46.6 Å². The number of anilines is 1. The number of rotatable bonds is 7. The molecule has 40 heavy (non-hydrogen) atoms. The number of carbonyl (C=O) groups excluding carboxylic acids is 2. The fourth-order valence-corrected chi connectivity index (χ4v) is 5.18. The Morgan fingerprint density at radius 1 is 1.25 bits per heavy atom. The van der Waals surface area contributed by atoms with Crippen LogP contribution in [-0.4, -0.2) is 74.7 Å². The maximum Gasteiger partial charge on any atom is 0.420 e. The summed E-state index contributed by atoms with van der Waals surface area (Å²) in [7, 11) is 0. The summed E-state index contributed by atoms with van der Waals surface area (Å²) >= 11 is 0. The van der Waals surface area contributed by atoms with E-state index in [2.05, 4.69) is 25.3 Å². The highest BCUT2D eigenvalue weighted by Gasteiger charge is 2.40. The fraction of sp³-hybridized carbons (Fsp3) is 0.400. The van der Waals surface area contributed by atoms with Crippen molar-refractivity contribution in [3.8, 4) is 11.1 Å². The second-order valence-corrected chi connectivity index (χ2v) is 9.75. The molecule has 0 spiro atoms. The van der Waals surface area contributed by atoms with E-state index in [9.17, 15) is 27.9 Å². The maximum absolute atomic E-state index is 13.0. The van der Waals surface area contributed by atoms with Crippen molar-refractivity contribution in [1.82, 2.24) is 39.7 Å². The van der Waals surface area contributed by atoms with Crippen LogP contribution in [0.4, 0.5) is 19.0 Å². The zero-order chi connectivity index (χ0) is 28.8. The summed E-state index contributed by atoms with van der Waals surface area (Å²) in [6.07, 6.45) is -1.21. The molecular weight excluding hydrogens is 531 g/mol. The van der Waals surface area contributed by atoms with E-state index in [1.54, 1.807) is 4.90 Å². The number of ketones is 1. The molecule has 12 nitrogen and oxygen atoms in total. The number of H-pyrrole nitrogens is 1. The number of carbonyl (C=O) groups is 2. The van der Waals surface area contributed by atoms with Crippen molar-refractivity contribution >= 4 is 23.2 Å². The number of fused-ring (bicyclic) bond motifs is 1. The summed E-state index contributed by atoms with van der Waals surface area (Å²) in [5.41, 5.74) is 7.55. The zero-order valence-corrected chi connectivity index (χ0v) is 21.6. The zero-order valence-electron chi connectivity index (χ0n) is 21.6. The number of pyridine rings is 1. The third kappa shape index (κ3) is 4.87. The quantitative estimate of drug-likeness (QED) is 0.289. The van der Waals surface area contributed by atoms with Crippen molar-refractivity contribution in [1.29, 1.82) is 0 Å². The van der Waals surface area contributed by atoms with Crippen LogP contribution in [0.25, 0.3) is 16.8 Å². The van der Waals surface area contributed by atoms with Gasteiger partial charge in [0.15, 0.2) is 17.5 Å². The van der Waals surface area contributed by atoms with Crippen molar-refractivity contribution in [3.63, 3.8) is 0 Å². The van der Waals surface area contributed by atoms with E-state index in [1.807, 2.05) is 6.92 Å². The van der Waals surface area contributed by atoms with Crippen LogP contribution in [-0.2, 0) is 6.42 Å². The smallest absolute Gasteiger partial charge is 0.383 e. The Labute approximate surface area is 225 Å². The van der Waals surface area contributed by atoms with Crippen LogP contribution in [0.3, 0.4) is 0 Å². The molecule has 0 unspecified atom stereocenters. The summed E-state index contributed by atoms with van der Waals surface area (Å²) in [6.45, 7) is 3.34. The molecule has 0 saturated carbocycles. The number of halogens is 3. The Morgan fingerprint density at radius 3 is 2.65 bits per heavy atom. The molecule has 4 aromatic rings. The molecule has 1 amide bonds. The maximum atomic E-state index is 13.0. The molecule has 4 N–H and O–H groups in total. The first-order chi connectivity index (χ1) is 19.0. The molecule has 0 radical (unpaired) electrons. The van der Waals surface area contributed by atoms with Crippen LogP contribution < -0.4 is 5.73 Å². The van der Waals surface area contributed by atoms with Gasteiger partial charge in [-0.3, -0.25) is 14.6 Å².